The van der Waals surface area contributed by atoms with Gasteiger partial charge >= 0.3 is 0 Å². The molecule has 0 saturated carbocycles. The first-order valence-electron chi connectivity index (χ1n) is 10.4. The summed E-state index contributed by atoms with van der Waals surface area (Å²) in [5, 5.41) is 0.527. The topological polar surface area (TPSA) is 57.9 Å². The summed E-state index contributed by atoms with van der Waals surface area (Å²) in [6, 6.07) is 17.2. The summed E-state index contributed by atoms with van der Waals surface area (Å²) in [6.07, 6.45) is 0. The molecule has 0 amide bonds. The third kappa shape index (κ3) is 3.94. The normalized spacial score (nSPS) is 10.9. The van der Waals surface area contributed by atoms with Crippen LogP contribution in [0.2, 0.25) is 0 Å². The van der Waals surface area contributed by atoms with E-state index in [-0.39, 0.29) is 17.8 Å². The number of fused-ring (bicyclic) bond motifs is 1. The first kappa shape index (κ1) is 21.5. The van der Waals surface area contributed by atoms with Crippen molar-refractivity contribution in [2.75, 3.05) is 14.2 Å². The van der Waals surface area contributed by atoms with Gasteiger partial charge in [0.15, 0.2) is 17.3 Å². The summed E-state index contributed by atoms with van der Waals surface area (Å²) in [6.45, 7) is 6.16. The van der Waals surface area contributed by atoms with Crippen molar-refractivity contribution in [2.24, 2.45) is 0 Å². The minimum Gasteiger partial charge on any atom is -0.493 e. The molecule has 0 unspecified atom stereocenters. The van der Waals surface area contributed by atoms with Crippen LogP contribution in [-0.2, 0) is 6.61 Å². The van der Waals surface area contributed by atoms with Gasteiger partial charge in [-0.15, -0.1) is 0 Å². The molecule has 32 heavy (non-hydrogen) atoms. The van der Waals surface area contributed by atoms with E-state index in [1.165, 1.54) is 0 Å². The molecule has 0 aliphatic heterocycles. The highest BCUT2D eigenvalue weighted by molar-refractivity contribution is 5.85. The number of ether oxygens (including phenoxy) is 3. The number of rotatable bonds is 6. The highest BCUT2D eigenvalue weighted by Gasteiger charge is 2.21. The fraction of sp³-hybridized carbons (Fsp3) is 0.222. The first-order valence-corrected chi connectivity index (χ1v) is 10.4. The van der Waals surface area contributed by atoms with Crippen LogP contribution in [-0.4, -0.2) is 14.2 Å². The van der Waals surface area contributed by atoms with Crippen molar-refractivity contribution in [2.45, 2.75) is 27.4 Å². The Bertz CT molecular complexity index is 1350. The number of hydrogen-bond donors (Lipinski definition) is 0. The van der Waals surface area contributed by atoms with Crippen molar-refractivity contribution in [1.29, 1.82) is 0 Å². The summed E-state index contributed by atoms with van der Waals surface area (Å²) < 4.78 is 23.2. The maximum atomic E-state index is 13.6. The maximum Gasteiger partial charge on any atom is 0.235 e. The molecule has 1 aromatic heterocycles. The predicted molar refractivity (Wildman–Crippen MR) is 126 cm³/mol. The second kappa shape index (κ2) is 8.79. The Labute approximate surface area is 187 Å². The van der Waals surface area contributed by atoms with Gasteiger partial charge in [-0.25, -0.2) is 0 Å². The van der Waals surface area contributed by atoms with Crippen LogP contribution in [0.5, 0.6) is 17.2 Å². The summed E-state index contributed by atoms with van der Waals surface area (Å²) >= 11 is 0. The van der Waals surface area contributed by atoms with Crippen LogP contribution in [0.25, 0.3) is 22.3 Å². The lowest BCUT2D eigenvalue weighted by Crippen LogP contribution is -2.12. The van der Waals surface area contributed by atoms with Crippen molar-refractivity contribution in [1.82, 2.24) is 0 Å². The largest absolute Gasteiger partial charge is 0.493 e. The average molecular weight is 431 g/mol. The Morgan fingerprint density at radius 1 is 0.844 bits per heavy atom. The lowest BCUT2D eigenvalue weighted by molar-refractivity contribution is 0.297. The van der Waals surface area contributed by atoms with E-state index in [4.69, 9.17) is 18.6 Å². The van der Waals surface area contributed by atoms with E-state index in [1.807, 2.05) is 63.2 Å². The second-order valence-electron chi connectivity index (χ2n) is 7.83. The summed E-state index contributed by atoms with van der Waals surface area (Å²) in [5.74, 6) is 1.67. The van der Waals surface area contributed by atoms with Gasteiger partial charge in [0.25, 0.3) is 0 Å². The molecular formula is C27H26O5. The van der Waals surface area contributed by atoms with E-state index in [1.54, 1.807) is 26.4 Å². The maximum absolute atomic E-state index is 13.6. The molecule has 0 fully saturated rings. The lowest BCUT2D eigenvalue weighted by atomic mass is 10.0. The highest BCUT2D eigenvalue weighted by Crippen LogP contribution is 2.37. The van der Waals surface area contributed by atoms with Gasteiger partial charge < -0.3 is 18.6 Å². The Kier molecular flexibility index (Phi) is 5.91. The molecule has 4 aromatic rings. The molecular weight excluding hydrogens is 404 g/mol. The molecule has 1 heterocycles. The van der Waals surface area contributed by atoms with E-state index in [0.717, 1.165) is 22.3 Å². The van der Waals surface area contributed by atoms with Gasteiger partial charge in [0.2, 0.25) is 11.2 Å². The minimum atomic E-state index is -0.192. The zero-order valence-electron chi connectivity index (χ0n) is 18.9. The van der Waals surface area contributed by atoms with E-state index in [0.29, 0.717) is 33.8 Å². The smallest absolute Gasteiger partial charge is 0.235 e. The molecule has 0 radical (unpaired) electrons. The number of benzene rings is 3. The fourth-order valence-electron chi connectivity index (χ4n) is 3.89. The van der Waals surface area contributed by atoms with Crippen molar-refractivity contribution >= 4 is 11.0 Å². The molecule has 0 atom stereocenters. The third-order valence-electron chi connectivity index (χ3n) is 5.57. The van der Waals surface area contributed by atoms with E-state index < -0.39 is 0 Å². The quantitative estimate of drug-likeness (QED) is 0.377. The molecule has 0 aliphatic rings. The molecule has 164 valence electrons. The van der Waals surface area contributed by atoms with Gasteiger partial charge in [0, 0.05) is 5.56 Å². The van der Waals surface area contributed by atoms with Crippen LogP contribution in [0, 0.1) is 20.8 Å². The minimum absolute atomic E-state index is 0.180. The monoisotopic (exact) mass is 430 g/mol. The Morgan fingerprint density at radius 3 is 2.31 bits per heavy atom. The molecule has 5 heteroatoms. The highest BCUT2D eigenvalue weighted by atomic mass is 16.5. The van der Waals surface area contributed by atoms with Crippen LogP contribution >= 0.6 is 0 Å². The lowest BCUT2D eigenvalue weighted by Gasteiger charge is -2.15. The van der Waals surface area contributed by atoms with E-state index >= 15 is 0 Å². The van der Waals surface area contributed by atoms with Crippen LogP contribution in [0.15, 0.2) is 63.8 Å². The van der Waals surface area contributed by atoms with Gasteiger partial charge in [-0.05, 0) is 67.3 Å². The van der Waals surface area contributed by atoms with E-state index in [2.05, 4.69) is 0 Å². The summed E-state index contributed by atoms with van der Waals surface area (Å²) in [5.41, 5.74) is 4.98. The van der Waals surface area contributed by atoms with E-state index in [9.17, 15) is 4.79 Å². The zero-order valence-corrected chi connectivity index (χ0v) is 18.9. The Morgan fingerprint density at radius 2 is 1.59 bits per heavy atom. The molecule has 3 aromatic carbocycles. The van der Waals surface area contributed by atoms with Crippen LogP contribution in [0.1, 0.15) is 22.3 Å². The summed E-state index contributed by atoms with van der Waals surface area (Å²) in [7, 11) is 3.15. The molecule has 4 rings (SSSR count). The third-order valence-corrected chi connectivity index (χ3v) is 5.57. The first-order chi connectivity index (χ1) is 15.4. The van der Waals surface area contributed by atoms with Crippen molar-refractivity contribution < 1.29 is 18.6 Å². The van der Waals surface area contributed by atoms with Crippen LogP contribution in [0.4, 0.5) is 0 Å². The van der Waals surface area contributed by atoms with Crippen LogP contribution in [0.3, 0.4) is 0 Å². The average Bonchev–Trinajstić information content (AvgIpc) is 2.78. The summed E-state index contributed by atoms with van der Waals surface area (Å²) in [4.78, 5) is 13.6. The fourth-order valence-corrected chi connectivity index (χ4v) is 3.89. The molecule has 0 aliphatic carbocycles. The number of methoxy groups -OCH3 is 2. The number of aryl methyl sites for hydroxylation is 3. The second-order valence-corrected chi connectivity index (χ2v) is 7.83. The van der Waals surface area contributed by atoms with Gasteiger partial charge in [0.05, 0.1) is 19.6 Å². The molecule has 0 spiro atoms. The number of hydrogen-bond acceptors (Lipinski definition) is 5. The van der Waals surface area contributed by atoms with Crippen molar-refractivity contribution in [3.63, 3.8) is 0 Å². The van der Waals surface area contributed by atoms with Gasteiger partial charge in [-0.1, -0.05) is 30.3 Å². The zero-order chi connectivity index (χ0) is 22.8. The van der Waals surface area contributed by atoms with Gasteiger partial charge in [0.1, 0.15) is 12.2 Å². The standard InChI is InChI=1S/C27H26O5/c1-16-12-18(3)24-23(13-16)32-26(19-10-11-21(29-4)22(14-19)30-5)27(25(24)28)31-15-20-9-7-6-8-17(20)2/h6-14H,15H2,1-5H3. The molecule has 0 bridgehead atoms. The molecule has 0 saturated heterocycles. The van der Waals surface area contributed by atoms with Crippen molar-refractivity contribution in [3.8, 4) is 28.6 Å². The Hall–Kier alpha value is -3.73. The van der Waals surface area contributed by atoms with Crippen LogP contribution < -0.4 is 19.6 Å². The van der Waals surface area contributed by atoms with Gasteiger partial charge in [-0.2, -0.15) is 0 Å². The SMILES string of the molecule is COc1ccc(-c2oc3cc(C)cc(C)c3c(=O)c2OCc2ccccc2C)cc1OC. The predicted octanol–water partition coefficient (Wildman–Crippen LogP) is 5.98. The van der Waals surface area contributed by atoms with Gasteiger partial charge in [-0.3, -0.25) is 4.79 Å². The van der Waals surface area contributed by atoms with Crippen molar-refractivity contribution in [3.05, 3.63) is 87.1 Å². The Balaban J connectivity index is 1.93. The molecule has 5 nitrogen and oxygen atoms in total. The molecule has 0 N–H and O–H groups in total.